The maximum atomic E-state index is 12.3. The monoisotopic (exact) mass is 327 g/mol. The first-order valence-corrected chi connectivity index (χ1v) is 7.63. The number of aromatic nitrogens is 1. The maximum Gasteiger partial charge on any atom is 0.267 e. The second-order valence-electron chi connectivity index (χ2n) is 5.48. The summed E-state index contributed by atoms with van der Waals surface area (Å²) in [5, 5.41) is 14.5. The molecule has 2 amide bonds. The lowest BCUT2D eigenvalue weighted by molar-refractivity contribution is -0.118. The van der Waals surface area contributed by atoms with Gasteiger partial charge in [0.05, 0.1) is 6.10 Å². The highest BCUT2D eigenvalue weighted by atomic mass is 16.3. The first-order chi connectivity index (χ1) is 11.5. The van der Waals surface area contributed by atoms with E-state index in [2.05, 4.69) is 10.6 Å². The number of aliphatic hydroxyl groups excluding tert-OH is 1. The van der Waals surface area contributed by atoms with Gasteiger partial charge in [-0.2, -0.15) is 0 Å². The average molecular weight is 327 g/mol. The topological polar surface area (TPSA) is 83.4 Å². The van der Waals surface area contributed by atoms with Crippen LogP contribution in [0, 0.1) is 0 Å². The molecule has 1 aromatic heterocycles. The van der Waals surface area contributed by atoms with Crippen molar-refractivity contribution < 1.29 is 14.7 Å². The summed E-state index contributed by atoms with van der Waals surface area (Å²) in [5.74, 6) is -0.829. The Balaban J connectivity index is 2.22. The van der Waals surface area contributed by atoms with Gasteiger partial charge in [0.15, 0.2) is 0 Å². The Morgan fingerprint density at radius 1 is 1.21 bits per heavy atom. The van der Waals surface area contributed by atoms with Gasteiger partial charge in [0.1, 0.15) is 5.70 Å². The molecular weight excluding hydrogens is 306 g/mol. The highest BCUT2D eigenvalue weighted by molar-refractivity contribution is 6.05. The number of nitrogens with zero attached hydrogens (tertiary/aromatic N) is 1. The van der Waals surface area contributed by atoms with Gasteiger partial charge in [-0.3, -0.25) is 9.59 Å². The SMILES string of the molecule is C[C@H](O)CNC(=O)/C(=C\c1cccn1C)NC(=O)c1ccccc1. The smallest absolute Gasteiger partial charge is 0.267 e. The molecule has 3 N–H and O–H groups in total. The second-order valence-corrected chi connectivity index (χ2v) is 5.48. The van der Waals surface area contributed by atoms with Gasteiger partial charge >= 0.3 is 0 Å². The molecule has 1 heterocycles. The van der Waals surface area contributed by atoms with Gasteiger partial charge in [-0.25, -0.2) is 0 Å². The number of rotatable bonds is 6. The minimum absolute atomic E-state index is 0.102. The number of aryl methyl sites for hydroxylation is 1. The molecule has 0 aliphatic rings. The van der Waals surface area contributed by atoms with Crippen LogP contribution in [0.5, 0.6) is 0 Å². The van der Waals surface area contributed by atoms with E-state index >= 15 is 0 Å². The maximum absolute atomic E-state index is 12.3. The van der Waals surface area contributed by atoms with Crippen molar-refractivity contribution in [2.75, 3.05) is 6.54 Å². The largest absolute Gasteiger partial charge is 0.392 e. The number of hydrogen-bond acceptors (Lipinski definition) is 3. The summed E-state index contributed by atoms with van der Waals surface area (Å²) in [5.41, 5.74) is 1.34. The Morgan fingerprint density at radius 2 is 1.92 bits per heavy atom. The molecule has 2 rings (SSSR count). The molecule has 0 saturated carbocycles. The van der Waals surface area contributed by atoms with E-state index in [0.29, 0.717) is 5.56 Å². The summed E-state index contributed by atoms with van der Waals surface area (Å²) in [6.07, 6.45) is 2.77. The zero-order valence-corrected chi connectivity index (χ0v) is 13.7. The number of benzene rings is 1. The van der Waals surface area contributed by atoms with Gasteiger partial charge in [0.2, 0.25) is 0 Å². The molecule has 1 atom stereocenters. The first-order valence-electron chi connectivity index (χ1n) is 7.63. The molecule has 6 nitrogen and oxygen atoms in total. The zero-order chi connectivity index (χ0) is 17.5. The Hall–Kier alpha value is -2.86. The molecule has 1 aromatic carbocycles. The lowest BCUT2D eigenvalue weighted by Gasteiger charge is -2.12. The van der Waals surface area contributed by atoms with Crippen molar-refractivity contribution >= 4 is 17.9 Å². The third-order valence-electron chi connectivity index (χ3n) is 3.36. The number of carbonyl (C=O) groups excluding carboxylic acids is 2. The molecule has 0 bridgehead atoms. The highest BCUT2D eigenvalue weighted by Gasteiger charge is 2.15. The Bertz CT molecular complexity index is 733. The van der Waals surface area contributed by atoms with Crippen molar-refractivity contribution in [1.29, 1.82) is 0 Å². The third-order valence-corrected chi connectivity index (χ3v) is 3.36. The van der Waals surface area contributed by atoms with Crippen LogP contribution in [0.15, 0.2) is 54.4 Å². The molecule has 6 heteroatoms. The van der Waals surface area contributed by atoms with E-state index in [1.807, 2.05) is 36.0 Å². The van der Waals surface area contributed by atoms with Crippen LogP contribution in [0.2, 0.25) is 0 Å². The van der Waals surface area contributed by atoms with Crippen LogP contribution >= 0.6 is 0 Å². The van der Waals surface area contributed by atoms with Gasteiger partial charge < -0.3 is 20.3 Å². The van der Waals surface area contributed by atoms with Crippen LogP contribution in [0.4, 0.5) is 0 Å². The number of amides is 2. The minimum atomic E-state index is -0.671. The Labute approximate surface area is 140 Å². The molecule has 0 saturated heterocycles. The molecule has 0 aliphatic carbocycles. The van der Waals surface area contributed by atoms with E-state index in [9.17, 15) is 14.7 Å². The number of aliphatic hydroxyl groups is 1. The summed E-state index contributed by atoms with van der Waals surface area (Å²) in [7, 11) is 1.84. The van der Waals surface area contributed by atoms with Crippen LogP contribution in [-0.4, -0.2) is 34.1 Å². The van der Waals surface area contributed by atoms with Crippen LogP contribution < -0.4 is 10.6 Å². The van der Waals surface area contributed by atoms with Gasteiger partial charge in [-0.05, 0) is 37.3 Å². The normalized spacial score (nSPS) is 12.5. The molecule has 0 unspecified atom stereocenters. The zero-order valence-electron chi connectivity index (χ0n) is 13.7. The molecular formula is C18H21N3O3. The van der Waals surface area contributed by atoms with Crippen molar-refractivity contribution in [3.05, 3.63) is 65.6 Å². The lowest BCUT2D eigenvalue weighted by Crippen LogP contribution is -2.37. The summed E-state index contributed by atoms with van der Waals surface area (Å²) in [6.45, 7) is 1.67. The lowest BCUT2D eigenvalue weighted by atomic mass is 10.2. The van der Waals surface area contributed by atoms with E-state index in [4.69, 9.17) is 0 Å². The Kier molecular flexibility index (Phi) is 5.92. The van der Waals surface area contributed by atoms with Crippen LogP contribution in [0.1, 0.15) is 23.0 Å². The van der Waals surface area contributed by atoms with Gasteiger partial charge in [0.25, 0.3) is 11.8 Å². The molecule has 0 radical (unpaired) electrons. The first kappa shape index (κ1) is 17.5. The fourth-order valence-corrected chi connectivity index (χ4v) is 2.05. The highest BCUT2D eigenvalue weighted by Crippen LogP contribution is 2.07. The van der Waals surface area contributed by atoms with Gasteiger partial charge in [-0.1, -0.05) is 18.2 Å². The summed E-state index contributed by atoms with van der Waals surface area (Å²) >= 11 is 0. The molecule has 24 heavy (non-hydrogen) atoms. The predicted octanol–water partition coefficient (Wildman–Crippen LogP) is 1.29. The summed E-state index contributed by atoms with van der Waals surface area (Å²) in [6, 6.07) is 12.3. The van der Waals surface area contributed by atoms with E-state index in [0.717, 1.165) is 5.69 Å². The van der Waals surface area contributed by atoms with Crippen molar-refractivity contribution in [3.63, 3.8) is 0 Å². The standard InChI is InChI=1S/C18H21N3O3/c1-13(22)12-19-18(24)16(11-15-9-6-10-21(15)2)20-17(23)14-7-4-3-5-8-14/h3-11,13,22H,12H2,1-2H3,(H,19,24)(H,20,23)/b16-11+/t13-/m0/s1. The molecule has 0 fully saturated rings. The summed E-state index contributed by atoms with van der Waals surface area (Å²) in [4.78, 5) is 24.7. The fraction of sp³-hybridized carbons (Fsp3) is 0.222. The quantitative estimate of drug-likeness (QED) is 0.699. The third kappa shape index (κ3) is 4.82. The van der Waals surface area contributed by atoms with E-state index < -0.39 is 12.0 Å². The van der Waals surface area contributed by atoms with E-state index in [1.165, 1.54) is 0 Å². The van der Waals surface area contributed by atoms with Crippen LogP contribution in [0.25, 0.3) is 6.08 Å². The van der Waals surface area contributed by atoms with Gasteiger partial charge in [-0.15, -0.1) is 0 Å². The minimum Gasteiger partial charge on any atom is -0.392 e. The van der Waals surface area contributed by atoms with Gasteiger partial charge in [0, 0.05) is 31.0 Å². The van der Waals surface area contributed by atoms with Crippen molar-refractivity contribution in [3.8, 4) is 0 Å². The fourth-order valence-electron chi connectivity index (χ4n) is 2.05. The van der Waals surface area contributed by atoms with Crippen molar-refractivity contribution in [2.45, 2.75) is 13.0 Å². The molecule has 0 aliphatic heterocycles. The van der Waals surface area contributed by atoms with Crippen LogP contribution in [0.3, 0.4) is 0 Å². The summed E-state index contributed by atoms with van der Waals surface area (Å²) < 4.78 is 1.83. The predicted molar refractivity (Wildman–Crippen MR) is 92.0 cm³/mol. The van der Waals surface area contributed by atoms with Crippen LogP contribution in [-0.2, 0) is 11.8 Å². The average Bonchev–Trinajstić information content (AvgIpc) is 2.97. The van der Waals surface area contributed by atoms with E-state index in [-0.39, 0.29) is 18.1 Å². The van der Waals surface area contributed by atoms with E-state index in [1.54, 1.807) is 37.3 Å². The molecule has 0 spiro atoms. The molecule has 2 aromatic rings. The second kappa shape index (κ2) is 8.12. The van der Waals surface area contributed by atoms with Crippen molar-refractivity contribution in [2.24, 2.45) is 7.05 Å². The van der Waals surface area contributed by atoms with Crippen molar-refractivity contribution in [1.82, 2.24) is 15.2 Å². The number of hydrogen-bond donors (Lipinski definition) is 3. The molecule has 126 valence electrons. The Morgan fingerprint density at radius 3 is 2.50 bits per heavy atom. The number of carbonyl (C=O) groups is 2. The number of nitrogens with one attached hydrogen (secondary N) is 2.